The number of rotatable bonds is 6. The monoisotopic (exact) mass is 392 g/mol. The Balaban J connectivity index is 1.65. The summed E-state index contributed by atoms with van der Waals surface area (Å²) >= 11 is 0. The van der Waals surface area contributed by atoms with Gasteiger partial charge in [0.15, 0.2) is 0 Å². The van der Waals surface area contributed by atoms with Crippen LogP contribution in [-0.2, 0) is 16.6 Å². The lowest BCUT2D eigenvalue weighted by atomic mass is 10.1. The van der Waals surface area contributed by atoms with Gasteiger partial charge in [-0.05, 0) is 30.3 Å². The molecule has 0 radical (unpaired) electrons. The zero-order chi connectivity index (χ0) is 19.4. The van der Waals surface area contributed by atoms with Crippen molar-refractivity contribution in [3.8, 4) is 5.75 Å². The lowest BCUT2D eigenvalue weighted by molar-refractivity contribution is -0.917. The molecule has 0 atom stereocenters. The van der Waals surface area contributed by atoms with Crippen molar-refractivity contribution >= 4 is 15.7 Å². The maximum atomic E-state index is 12.8. The van der Waals surface area contributed by atoms with E-state index in [0.29, 0.717) is 44.0 Å². The number of benzene rings is 2. The first kappa shape index (κ1) is 19.3. The van der Waals surface area contributed by atoms with Crippen LogP contribution in [0.15, 0.2) is 53.4 Å². The van der Waals surface area contributed by atoms with Crippen LogP contribution in [0.25, 0.3) is 0 Å². The number of hydrogen-bond donors (Lipinski definition) is 1. The van der Waals surface area contributed by atoms with E-state index in [9.17, 15) is 18.5 Å². The summed E-state index contributed by atoms with van der Waals surface area (Å²) in [5, 5.41) is 11.1. The van der Waals surface area contributed by atoms with Crippen molar-refractivity contribution in [1.82, 2.24) is 4.31 Å². The fraction of sp³-hybridized carbons (Fsp3) is 0.333. The minimum Gasteiger partial charge on any atom is -0.497 e. The van der Waals surface area contributed by atoms with Gasteiger partial charge in [-0.3, -0.25) is 10.1 Å². The van der Waals surface area contributed by atoms with E-state index in [4.69, 9.17) is 4.74 Å². The molecule has 3 rings (SSSR count). The van der Waals surface area contributed by atoms with Crippen LogP contribution < -0.4 is 9.64 Å². The molecule has 0 unspecified atom stereocenters. The summed E-state index contributed by atoms with van der Waals surface area (Å²) in [6.45, 7) is 2.46. The molecule has 27 heavy (non-hydrogen) atoms. The Morgan fingerprint density at radius 2 is 1.74 bits per heavy atom. The number of hydrogen-bond acceptors (Lipinski definition) is 5. The average molecular weight is 392 g/mol. The fourth-order valence-corrected chi connectivity index (χ4v) is 4.67. The van der Waals surface area contributed by atoms with E-state index in [1.807, 2.05) is 0 Å². The highest BCUT2D eigenvalue weighted by Crippen LogP contribution is 2.20. The summed E-state index contributed by atoms with van der Waals surface area (Å²) in [4.78, 5) is 12.1. The molecule has 2 aromatic carbocycles. The first-order chi connectivity index (χ1) is 12.9. The number of piperazine rings is 1. The van der Waals surface area contributed by atoms with Crippen LogP contribution in [0.1, 0.15) is 5.56 Å². The van der Waals surface area contributed by atoms with Crippen molar-refractivity contribution in [2.45, 2.75) is 11.4 Å². The van der Waals surface area contributed by atoms with Crippen molar-refractivity contribution in [1.29, 1.82) is 0 Å². The Labute approximate surface area is 158 Å². The summed E-state index contributed by atoms with van der Waals surface area (Å²) in [5.74, 6) is 0.604. The van der Waals surface area contributed by atoms with E-state index >= 15 is 0 Å². The predicted molar refractivity (Wildman–Crippen MR) is 99.2 cm³/mol. The zero-order valence-electron chi connectivity index (χ0n) is 15.0. The minimum absolute atomic E-state index is 0.110. The third kappa shape index (κ3) is 4.26. The van der Waals surface area contributed by atoms with Gasteiger partial charge in [0, 0.05) is 6.07 Å². The number of nitrogens with zero attached hydrogens (tertiary/aromatic N) is 2. The van der Waals surface area contributed by atoms with Gasteiger partial charge in [0.05, 0.1) is 48.7 Å². The van der Waals surface area contributed by atoms with Crippen LogP contribution in [0.2, 0.25) is 0 Å². The second-order valence-corrected chi connectivity index (χ2v) is 8.33. The first-order valence-corrected chi connectivity index (χ1v) is 10.1. The second-order valence-electron chi connectivity index (χ2n) is 6.39. The van der Waals surface area contributed by atoms with E-state index in [0.717, 1.165) is 4.90 Å². The number of para-hydroxylation sites is 1. The number of quaternary nitrogens is 1. The largest absolute Gasteiger partial charge is 0.497 e. The lowest BCUT2D eigenvalue weighted by Gasteiger charge is -2.31. The highest BCUT2D eigenvalue weighted by atomic mass is 32.2. The summed E-state index contributed by atoms with van der Waals surface area (Å²) in [6, 6.07) is 13.0. The Bertz CT molecular complexity index is 907. The molecule has 1 saturated heterocycles. The van der Waals surface area contributed by atoms with E-state index in [1.54, 1.807) is 42.5 Å². The van der Waals surface area contributed by atoms with Crippen LogP contribution in [0.4, 0.5) is 5.69 Å². The first-order valence-electron chi connectivity index (χ1n) is 8.62. The second kappa shape index (κ2) is 8.03. The van der Waals surface area contributed by atoms with Crippen molar-refractivity contribution < 1.29 is 23.0 Å². The van der Waals surface area contributed by atoms with Gasteiger partial charge in [-0.25, -0.2) is 8.42 Å². The minimum atomic E-state index is -3.55. The van der Waals surface area contributed by atoms with Crippen LogP contribution in [-0.4, -0.2) is 50.9 Å². The van der Waals surface area contributed by atoms with Gasteiger partial charge >= 0.3 is 0 Å². The number of sulfonamides is 1. The van der Waals surface area contributed by atoms with Gasteiger partial charge in [-0.15, -0.1) is 0 Å². The molecule has 0 saturated carbocycles. The topological polar surface area (TPSA) is 94.2 Å². The Hall–Kier alpha value is -2.49. The quantitative estimate of drug-likeness (QED) is 0.577. The van der Waals surface area contributed by atoms with Gasteiger partial charge in [0.1, 0.15) is 12.3 Å². The smallest absolute Gasteiger partial charge is 0.278 e. The van der Waals surface area contributed by atoms with Crippen molar-refractivity contribution in [3.63, 3.8) is 0 Å². The highest BCUT2D eigenvalue weighted by Gasteiger charge is 2.31. The molecule has 0 aliphatic carbocycles. The zero-order valence-corrected chi connectivity index (χ0v) is 15.8. The van der Waals surface area contributed by atoms with Crippen molar-refractivity contribution in [2.24, 2.45) is 0 Å². The summed E-state index contributed by atoms with van der Waals surface area (Å²) in [6.07, 6.45) is 0. The fourth-order valence-electron chi connectivity index (χ4n) is 3.22. The molecular formula is C18H22N3O5S+. The molecule has 1 aliphatic heterocycles. The Morgan fingerprint density at radius 3 is 2.33 bits per heavy atom. The molecule has 0 bridgehead atoms. The van der Waals surface area contributed by atoms with Crippen LogP contribution in [0.5, 0.6) is 5.75 Å². The Morgan fingerprint density at radius 1 is 1.11 bits per heavy atom. The molecule has 1 fully saturated rings. The number of nitro groups is 1. The standard InChI is InChI=1S/C18H21N3O5S/c1-26-16-6-8-17(9-7-16)27(24,25)20-12-10-19(11-13-20)14-15-4-2-3-5-18(15)21(22)23/h2-9H,10-14H2,1H3/p+1. The number of nitro benzene ring substituents is 1. The molecular weight excluding hydrogens is 370 g/mol. The van der Waals surface area contributed by atoms with Crippen LogP contribution in [0, 0.1) is 10.1 Å². The van der Waals surface area contributed by atoms with E-state index in [2.05, 4.69) is 0 Å². The van der Waals surface area contributed by atoms with Crippen LogP contribution >= 0.6 is 0 Å². The van der Waals surface area contributed by atoms with Gasteiger partial charge in [0.2, 0.25) is 10.0 Å². The average Bonchev–Trinajstić information content (AvgIpc) is 2.68. The molecule has 1 N–H and O–H groups in total. The van der Waals surface area contributed by atoms with E-state index in [-0.39, 0.29) is 15.5 Å². The van der Waals surface area contributed by atoms with Gasteiger partial charge in [-0.2, -0.15) is 4.31 Å². The lowest BCUT2D eigenvalue weighted by Crippen LogP contribution is -3.13. The number of nitrogens with one attached hydrogen (secondary N) is 1. The SMILES string of the molecule is COc1ccc(S(=O)(=O)N2CC[NH+](Cc3ccccc3[N+](=O)[O-])CC2)cc1. The molecule has 0 amide bonds. The molecule has 144 valence electrons. The molecule has 9 heteroatoms. The molecule has 1 heterocycles. The summed E-state index contributed by atoms with van der Waals surface area (Å²) < 4.78 is 32.1. The van der Waals surface area contributed by atoms with E-state index < -0.39 is 10.0 Å². The van der Waals surface area contributed by atoms with Crippen molar-refractivity contribution in [2.75, 3.05) is 33.3 Å². The molecule has 0 aromatic heterocycles. The van der Waals surface area contributed by atoms with Gasteiger partial charge in [-0.1, -0.05) is 12.1 Å². The molecule has 8 nitrogen and oxygen atoms in total. The molecule has 0 spiro atoms. The predicted octanol–water partition coefficient (Wildman–Crippen LogP) is 0.693. The summed E-state index contributed by atoms with van der Waals surface area (Å²) in [7, 11) is -2.02. The van der Waals surface area contributed by atoms with E-state index in [1.165, 1.54) is 17.5 Å². The molecule has 1 aliphatic rings. The number of methoxy groups -OCH3 is 1. The highest BCUT2D eigenvalue weighted by molar-refractivity contribution is 7.89. The third-order valence-corrected chi connectivity index (χ3v) is 6.67. The number of ether oxygens (including phenoxy) is 1. The third-order valence-electron chi connectivity index (χ3n) is 4.76. The maximum absolute atomic E-state index is 12.8. The molecule has 2 aromatic rings. The maximum Gasteiger partial charge on any atom is 0.278 e. The Kier molecular flexibility index (Phi) is 5.73. The van der Waals surface area contributed by atoms with Crippen LogP contribution in [0.3, 0.4) is 0 Å². The summed E-state index contributed by atoms with van der Waals surface area (Å²) in [5.41, 5.74) is 0.780. The van der Waals surface area contributed by atoms with Gasteiger partial charge in [0.25, 0.3) is 5.69 Å². The van der Waals surface area contributed by atoms with Crippen molar-refractivity contribution in [3.05, 3.63) is 64.2 Å². The van der Waals surface area contributed by atoms with Gasteiger partial charge < -0.3 is 9.64 Å². The normalized spacial score (nSPS) is 16.2.